The van der Waals surface area contributed by atoms with Crippen LogP contribution >= 0.6 is 0 Å². The van der Waals surface area contributed by atoms with Crippen LogP contribution in [-0.4, -0.2) is 31.3 Å². The SMILES string of the molecule is C[C@@H]1CCCC[C@@H]1OCCN=C(N)NC1CC1. The van der Waals surface area contributed by atoms with E-state index in [9.17, 15) is 0 Å². The summed E-state index contributed by atoms with van der Waals surface area (Å²) in [5.74, 6) is 1.28. The van der Waals surface area contributed by atoms with E-state index in [0.29, 0.717) is 37.2 Å². The third kappa shape index (κ3) is 4.54. The first-order chi connectivity index (χ1) is 8.25. The van der Waals surface area contributed by atoms with Gasteiger partial charge in [-0.2, -0.15) is 0 Å². The summed E-state index contributed by atoms with van der Waals surface area (Å²) in [6, 6.07) is 0.582. The van der Waals surface area contributed by atoms with E-state index in [1.165, 1.54) is 38.5 Å². The number of hydrogen-bond donors (Lipinski definition) is 2. The van der Waals surface area contributed by atoms with Crippen LogP contribution < -0.4 is 11.1 Å². The van der Waals surface area contributed by atoms with Crippen LogP contribution in [0.3, 0.4) is 0 Å². The Morgan fingerprint density at radius 3 is 2.76 bits per heavy atom. The third-order valence-corrected chi connectivity index (χ3v) is 3.67. The summed E-state index contributed by atoms with van der Waals surface area (Å²) in [6.45, 7) is 3.66. The van der Waals surface area contributed by atoms with Gasteiger partial charge < -0.3 is 15.8 Å². The highest BCUT2D eigenvalue weighted by molar-refractivity contribution is 5.78. The second-order valence-electron chi connectivity index (χ2n) is 5.36. The molecule has 0 unspecified atom stereocenters. The Bertz CT molecular complexity index is 263. The van der Waals surface area contributed by atoms with Crippen molar-refractivity contribution in [1.82, 2.24) is 5.32 Å². The van der Waals surface area contributed by atoms with Crippen molar-refractivity contribution in [1.29, 1.82) is 0 Å². The summed E-state index contributed by atoms with van der Waals surface area (Å²) < 4.78 is 5.88. The number of rotatable bonds is 5. The van der Waals surface area contributed by atoms with Gasteiger partial charge in [0, 0.05) is 6.04 Å². The van der Waals surface area contributed by atoms with E-state index in [4.69, 9.17) is 10.5 Å². The van der Waals surface area contributed by atoms with E-state index < -0.39 is 0 Å². The first kappa shape index (κ1) is 12.7. The number of nitrogens with one attached hydrogen (secondary N) is 1. The number of hydrogen-bond acceptors (Lipinski definition) is 2. The van der Waals surface area contributed by atoms with E-state index in [0.717, 1.165) is 0 Å². The van der Waals surface area contributed by atoms with Gasteiger partial charge in [0.1, 0.15) is 0 Å². The molecule has 0 aliphatic heterocycles. The second-order valence-corrected chi connectivity index (χ2v) is 5.36. The first-order valence-electron chi connectivity index (χ1n) is 6.94. The predicted octanol–water partition coefficient (Wildman–Crippen LogP) is 1.65. The van der Waals surface area contributed by atoms with Crippen LogP contribution in [0.5, 0.6) is 0 Å². The summed E-state index contributed by atoms with van der Waals surface area (Å²) in [5, 5.41) is 3.17. The van der Waals surface area contributed by atoms with E-state index >= 15 is 0 Å². The summed E-state index contributed by atoms with van der Waals surface area (Å²) in [7, 11) is 0. The molecule has 0 aromatic carbocycles. The summed E-state index contributed by atoms with van der Waals surface area (Å²) in [5.41, 5.74) is 5.74. The van der Waals surface area contributed by atoms with E-state index in [1.807, 2.05) is 0 Å². The van der Waals surface area contributed by atoms with Crippen LogP contribution in [0.2, 0.25) is 0 Å². The lowest BCUT2D eigenvalue weighted by molar-refractivity contribution is -0.000655. The second kappa shape index (κ2) is 6.24. The van der Waals surface area contributed by atoms with Gasteiger partial charge in [-0.3, -0.25) is 4.99 Å². The van der Waals surface area contributed by atoms with Gasteiger partial charge in [0.05, 0.1) is 19.3 Å². The maximum Gasteiger partial charge on any atom is 0.188 e. The zero-order valence-corrected chi connectivity index (χ0v) is 10.8. The lowest BCUT2D eigenvalue weighted by Crippen LogP contribution is -2.34. The molecule has 0 amide bonds. The molecule has 4 nitrogen and oxygen atoms in total. The molecule has 0 radical (unpaired) electrons. The smallest absolute Gasteiger partial charge is 0.188 e. The monoisotopic (exact) mass is 239 g/mol. The van der Waals surface area contributed by atoms with Gasteiger partial charge in [0.15, 0.2) is 5.96 Å². The Kier molecular flexibility index (Phi) is 4.66. The van der Waals surface area contributed by atoms with Crippen LogP contribution in [0.15, 0.2) is 4.99 Å². The van der Waals surface area contributed by atoms with Gasteiger partial charge in [0.25, 0.3) is 0 Å². The predicted molar refractivity (Wildman–Crippen MR) is 70.0 cm³/mol. The van der Waals surface area contributed by atoms with Crippen molar-refractivity contribution in [2.45, 2.75) is 57.6 Å². The van der Waals surface area contributed by atoms with Gasteiger partial charge in [0.2, 0.25) is 0 Å². The molecule has 3 N–H and O–H groups in total. The van der Waals surface area contributed by atoms with Crippen LogP contribution in [-0.2, 0) is 4.74 Å². The Hall–Kier alpha value is -0.770. The number of aliphatic imine (C=N–C) groups is 1. The molecule has 2 aliphatic carbocycles. The van der Waals surface area contributed by atoms with E-state index in [2.05, 4.69) is 17.2 Å². The highest BCUT2D eigenvalue weighted by Crippen LogP contribution is 2.26. The van der Waals surface area contributed by atoms with Gasteiger partial charge in [-0.15, -0.1) is 0 Å². The fourth-order valence-electron chi connectivity index (χ4n) is 2.38. The lowest BCUT2D eigenvalue weighted by atomic mass is 9.88. The largest absolute Gasteiger partial charge is 0.376 e. The molecule has 17 heavy (non-hydrogen) atoms. The molecule has 98 valence electrons. The molecule has 2 fully saturated rings. The Morgan fingerprint density at radius 1 is 1.29 bits per heavy atom. The Balaban J connectivity index is 1.58. The lowest BCUT2D eigenvalue weighted by Gasteiger charge is -2.28. The Morgan fingerprint density at radius 2 is 2.06 bits per heavy atom. The van der Waals surface area contributed by atoms with Crippen LogP contribution in [0, 0.1) is 5.92 Å². The fourth-order valence-corrected chi connectivity index (χ4v) is 2.38. The molecule has 0 spiro atoms. The molecule has 2 saturated carbocycles. The first-order valence-corrected chi connectivity index (χ1v) is 6.94. The summed E-state index contributed by atoms with van der Waals surface area (Å²) in [6.07, 6.45) is 8.08. The average Bonchev–Trinajstić information content (AvgIpc) is 3.10. The van der Waals surface area contributed by atoms with Crippen molar-refractivity contribution < 1.29 is 4.74 Å². The van der Waals surface area contributed by atoms with Gasteiger partial charge in [-0.25, -0.2) is 0 Å². The molecule has 2 atom stereocenters. The number of nitrogens with two attached hydrogens (primary N) is 1. The number of ether oxygens (including phenoxy) is 1. The molecular formula is C13H25N3O. The van der Waals surface area contributed by atoms with Crippen molar-refractivity contribution in [2.24, 2.45) is 16.6 Å². The molecule has 4 heteroatoms. The highest BCUT2D eigenvalue weighted by Gasteiger charge is 2.22. The zero-order valence-electron chi connectivity index (χ0n) is 10.8. The van der Waals surface area contributed by atoms with Crippen LogP contribution in [0.4, 0.5) is 0 Å². The molecular weight excluding hydrogens is 214 g/mol. The minimum absolute atomic E-state index is 0.441. The van der Waals surface area contributed by atoms with Gasteiger partial charge in [-0.1, -0.05) is 19.8 Å². The molecule has 2 rings (SSSR count). The van der Waals surface area contributed by atoms with Gasteiger partial charge >= 0.3 is 0 Å². The van der Waals surface area contributed by atoms with Crippen LogP contribution in [0.25, 0.3) is 0 Å². The topological polar surface area (TPSA) is 59.6 Å². The number of nitrogens with zero attached hydrogens (tertiary/aromatic N) is 1. The normalized spacial score (nSPS) is 30.3. The van der Waals surface area contributed by atoms with Crippen molar-refractivity contribution in [3.05, 3.63) is 0 Å². The molecule has 0 bridgehead atoms. The fraction of sp³-hybridized carbons (Fsp3) is 0.923. The van der Waals surface area contributed by atoms with Crippen molar-refractivity contribution in [3.63, 3.8) is 0 Å². The molecule has 0 heterocycles. The molecule has 0 saturated heterocycles. The van der Waals surface area contributed by atoms with E-state index in [-0.39, 0.29) is 0 Å². The van der Waals surface area contributed by atoms with Crippen molar-refractivity contribution >= 4 is 5.96 Å². The third-order valence-electron chi connectivity index (χ3n) is 3.67. The Labute approximate surface area is 104 Å². The van der Waals surface area contributed by atoms with Crippen molar-refractivity contribution in [2.75, 3.05) is 13.2 Å². The molecule has 0 aromatic heterocycles. The average molecular weight is 239 g/mol. The summed E-state index contributed by atoms with van der Waals surface area (Å²) >= 11 is 0. The minimum atomic E-state index is 0.441. The standard InChI is InChI=1S/C13H25N3O/c1-10-4-2-3-5-12(10)17-9-8-15-13(14)16-11-6-7-11/h10-12H,2-9H2,1H3,(H3,14,15,16)/t10-,12+/m1/s1. The van der Waals surface area contributed by atoms with Gasteiger partial charge in [-0.05, 0) is 31.6 Å². The quantitative estimate of drug-likeness (QED) is 0.436. The molecule has 0 aromatic rings. The minimum Gasteiger partial charge on any atom is -0.376 e. The maximum atomic E-state index is 5.88. The molecule has 2 aliphatic rings. The van der Waals surface area contributed by atoms with Crippen LogP contribution in [0.1, 0.15) is 45.4 Å². The highest BCUT2D eigenvalue weighted by atomic mass is 16.5. The zero-order chi connectivity index (χ0) is 12.1. The maximum absolute atomic E-state index is 5.88. The summed E-state index contributed by atoms with van der Waals surface area (Å²) in [4.78, 5) is 4.27. The van der Waals surface area contributed by atoms with E-state index in [1.54, 1.807) is 0 Å². The number of guanidine groups is 1. The van der Waals surface area contributed by atoms with Crippen molar-refractivity contribution in [3.8, 4) is 0 Å².